The third kappa shape index (κ3) is 6.75. The third-order valence-corrected chi connectivity index (χ3v) is 8.69. The van der Waals surface area contributed by atoms with Crippen LogP contribution < -0.4 is 9.47 Å². The summed E-state index contributed by atoms with van der Waals surface area (Å²) in [7, 11) is -0.367. The molecule has 1 N–H and O–H groups in total. The molecule has 39 heavy (non-hydrogen) atoms. The van der Waals surface area contributed by atoms with E-state index in [9.17, 15) is 13.5 Å². The number of likely N-dealkylation sites (N-methyl/N-ethyl adjacent to an activating group) is 1. The first kappa shape index (κ1) is 28.5. The van der Waals surface area contributed by atoms with Gasteiger partial charge in [0.05, 0.1) is 19.3 Å². The van der Waals surface area contributed by atoms with Crippen molar-refractivity contribution in [3.05, 3.63) is 77.9 Å². The molecule has 1 aliphatic heterocycles. The molecule has 4 rings (SSSR count). The van der Waals surface area contributed by atoms with Crippen molar-refractivity contribution in [2.75, 3.05) is 33.9 Å². The van der Waals surface area contributed by atoms with E-state index in [0.717, 1.165) is 11.1 Å². The Morgan fingerprint density at radius 2 is 1.95 bits per heavy atom. The third-order valence-electron chi connectivity index (χ3n) is 6.67. The molecule has 1 aliphatic rings. The van der Waals surface area contributed by atoms with E-state index in [1.54, 1.807) is 38.6 Å². The standard InChI is InChI=1S/C29H34N4O5S/c1-21-16-33(22(2)19-34)39(35,36)29-12-10-23(9-11-25-7-5-6-8-26(25)37-4)13-27(29)38-28(21)18-32(3)17-24-14-30-20-31-15-24/h5-8,10,12-15,20-22,28,34H,16-19H2,1-4H3/t21-,22-,28-/m1/s1. The maximum atomic E-state index is 13.7. The second-order valence-electron chi connectivity index (χ2n) is 9.80. The van der Waals surface area contributed by atoms with Crippen LogP contribution in [-0.4, -0.2) is 78.7 Å². The number of ether oxygens (including phenoxy) is 2. The average molecular weight is 551 g/mol. The van der Waals surface area contributed by atoms with Crippen LogP contribution in [0.5, 0.6) is 11.5 Å². The number of fused-ring (bicyclic) bond motifs is 1. The summed E-state index contributed by atoms with van der Waals surface area (Å²) in [6.45, 7) is 4.74. The molecule has 0 fully saturated rings. The van der Waals surface area contributed by atoms with Gasteiger partial charge in [-0.25, -0.2) is 18.4 Å². The summed E-state index contributed by atoms with van der Waals surface area (Å²) >= 11 is 0. The molecule has 0 spiro atoms. The zero-order valence-electron chi connectivity index (χ0n) is 22.6. The predicted molar refractivity (Wildman–Crippen MR) is 148 cm³/mol. The van der Waals surface area contributed by atoms with E-state index in [1.807, 2.05) is 38.2 Å². The van der Waals surface area contributed by atoms with Crippen molar-refractivity contribution in [1.29, 1.82) is 0 Å². The fourth-order valence-electron chi connectivity index (χ4n) is 4.50. The largest absolute Gasteiger partial charge is 0.495 e. The van der Waals surface area contributed by atoms with E-state index in [-0.39, 0.29) is 35.8 Å². The fraction of sp³-hybridized carbons (Fsp3) is 0.379. The first-order chi connectivity index (χ1) is 18.7. The Morgan fingerprint density at radius 3 is 2.67 bits per heavy atom. The zero-order chi connectivity index (χ0) is 28.0. The van der Waals surface area contributed by atoms with Gasteiger partial charge in [0.25, 0.3) is 0 Å². The van der Waals surface area contributed by atoms with Gasteiger partial charge in [-0.2, -0.15) is 4.31 Å². The number of sulfonamides is 1. The second-order valence-corrected chi connectivity index (χ2v) is 11.7. The summed E-state index contributed by atoms with van der Waals surface area (Å²) in [5.74, 6) is 6.95. The van der Waals surface area contributed by atoms with Crippen molar-refractivity contribution in [3.8, 4) is 23.3 Å². The molecule has 0 aliphatic carbocycles. The Bertz CT molecular complexity index is 1440. The number of rotatable bonds is 7. The molecular weight excluding hydrogens is 516 g/mol. The van der Waals surface area contributed by atoms with Crippen LogP contribution in [0.25, 0.3) is 0 Å². The lowest BCUT2D eigenvalue weighted by Crippen LogP contribution is -2.49. The van der Waals surface area contributed by atoms with Gasteiger partial charge in [-0.15, -0.1) is 0 Å². The van der Waals surface area contributed by atoms with Crippen molar-refractivity contribution >= 4 is 10.0 Å². The first-order valence-electron chi connectivity index (χ1n) is 12.7. The Balaban J connectivity index is 1.71. The molecule has 3 aromatic rings. The Kier molecular flexibility index (Phi) is 9.20. The Morgan fingerprint density at radius 1 is 1.21 bits per heavy atom. The smallest absolute Gasteiger partial charge is 0.247 e. The number of nitrogens with zero attached hydrogens (tertiary/aromatic N) is 4. The van der Waals surface area contributed by atoms with Crippen molar-refractivity contribution in [2.45, 2.75) is 37.4 Å². The van der Waals surface area contributed by atoms with Gasteiger partial charge in [0.1, 0.15) is 28.8 Å². The minimum atomic E-state index is -3.93. The molecule has 0 saturated heterocycles. The highest BCUT2D eigenvalue weighted by Gasteiger charge is 2.38. The van der Waals surface area contributed by atoms with Gasteiger partial charge in [-0.3, -0.25) is 4.90 Å². The maximum absolute atomic E-state index is 13.7. The van der Waals surface area contributed by atoms with Crippen LogP contribution in [-0.2, 0) is 16.6 Å². The molecule has 1 aromatic heterocycles. The van der Waals surface area contributed by atoms with Gasteiger partial charge in [0.15, 0.2) is 0 Å². The summed E-state index contributed by atoms with van der Waals surface area (Å²) < 4.78 is 40.7. The van der Waals surface area contributed by atoms with Crippen LogP contribution in [0.3, 0.4) is 0 Å². The number of hydrogen-bond donors (Lipinski definition) is 1. The molecule has 3 atom stereocenters. The minimum absolute atomic E-state index is 0.0571. The van der Waals surface area contributed by atoms with Gasteiger partial charge in [-0.1, -0.05) is 30.9 Å². The number of aliphatic hydroxyl groups is 1. The molecule has 0 unspecified atom stereocenters. The van der Waals surface area contributed by atoms with E-state index in [0.29, 0.717) is 24.4 Å². The molecular formula is C29H34N4O5S. The van der Waals surface area contributed by atoms with Crippen LogP contribution in [0.2, 0.25) is 0 Å². The Hall–Kier alpha value is -3.49. The summed E-state index contributed by atoms with van der Waals surface area (Å²) in [4.78, 5) is 10.3. The molecule has 2 heterocycles. The number of benzene rings is 2. The molecule has 9 nitrogen and oxygen atoms in total. The lowest BCUT2D eigenvalue weighted by molar-refractivity contribution is 0.0733. The zero-order valence-corrected chi connectivity index (χ0v) is 23.4. The Labute approximate surface area is 230 Å². The molecule has 0 bridgehead atoms. The lowest BCUT2D eigenvalue weighted by Gasteiger charge is -2.37. The van der Waals surface area contributed by atoms with E-state index < -0.39 is 16.1 Å². The van der Waals surface area contributed by atoms with Gasteiger partial charge in [0, 0.05) is 55.1 Å². The van der Waals surface area contributed by atoms with E-state index in [1.165, 1.54) is 16.7 Å². The number of hydrogen-bond acceptors (Lipinski definition) is 8. The van der Waals surface area contributed by atoms with Gasteiger partial charge in [-0.05, 0) is 44.3 Å². The number of aliphatic hydroxyl groups excluding tert-OH is 1. The van der Waals surface area contributed by atoms with Crippen LogP contribution in [0.15, 0.2) is 66.1 Å². The van der Waals surface area contributed by atoms with E-state index in [2.05, 4.69) is 26.7 Å². The van der Waals surface area contributed by atoms with Crippen molar-refractivity contribution in [3.63, 3.8) is 0 Å². The summed E-state index contributed by atoms with van der Waals surface area (Å²) in [6, 6.07) is 11.7. The molecule has 206 valence electrons. The topological polar surface area (TPSA) is 105 Å². The predicted octanol–water partition coefficient (Wildman–Crippen LogP) is 2.79. The monoisotopic (exact) mass is 550 g/mol. The quantitative estimate of drug-likeness (QED) is 0.448. The average Bonchev–Trinajstić information content (AvgIpc) is 2.94. The van der Waals surface area contributed by atoms with Crippen LogP contribution >= 0.6 is 0 Å². The van der Waals surface area contributed by atoms with Crippen molar-refractivity contribution < 1.29 is 23.0 Å². The second kappa shape index (κ2) is 12.6. The SMILES string of the molecule is COc1ccccc1C#Cc1ccc2c(c1)O[C@H](CN(C)Cc1cncnc1)[C@H](C)CN([C@H](C)CO)S2(=O)=O. The van der Waals surface area contributed by atoms with Gasteiger partial charge >= 0.3 is 0 Å². The summed E-state index contributed by atoms with van der Waals surface area (Å²) in [5.41, 5.74) is 2.30. The van der Waals surface area contributed by atoms with Crippen molar-refractivity contribution in [2.24, 2.45) is 5.92 Å². The van der Waals surface area contributed by atoms with Crippen LogP contribution in [0.4, 0.5) is 0 Å². The number of methoxy groups -OCH3 is 1. The summed E-state index contributed by atoms with van der Waals surface area (Å²) in [6.07, 6.45) is 4.70. The maximum Gasteiger partial charge on any atom is 0.247 e. The van der Waals surface area contributed by atoms with Gasteiger partial charge < -0.3 is 14.6 Å². The van der Waals surface area contributed by atoms with E-state index in [4.69, 9.17) is 9.47 Å². The molecule has 0 radical (unpaired) electrons. The number of aromatic nitrogens is 2. The van der Waals surface area contributed by atoms with Gasteiger partial charge in [0.2, 0.25) is 10.0 Å². The molecule has 0 amide bonds. The van der Waals surface area contributed by atoms with E-state index >= 15 is 0 Å². The van der Waals surface area contributed by atoms with Crippen LogP contribution in [0, 0.1) is 17.8 Å². The highest BCUT2D eigenvalue weighted by molar-refractivity contribution is 7.89. The lowest BCUT2D eigenvalue weighted by atomic mass is 10.0. The minimum Gasteiger partial charge on any atom is -0.495 e. The normalized spacial score (nSPS) is 19.5. The summed E-state index contributed by atoms with van der Waals surface area (Å²) in [5, 5.41) is 9.87. The molecule has 10 heteroatoms. The fourth-order valence-corrected chi connectivity index (χ4v) is 6.33. The molecule has 2 aromatic carbocycles. The van der Waals surface area contributed by atoms with Crippen LogP contribution in [0.1, 0.15) is 30.5 Å². The first-order valence-corrected chi connectivity index (χ1v) is 14.2. The highest BCUT2D eigenvalue weighted by Crippen LogP contribution is 2.34. The van der Waals surface area contributed by atoms with Crippen molar-refractivity contribution in [1.82, 2.24) is 19.2 Å². The number of para-hydroxylation sites is 1. The molecule has 0 saturated carbocycles. The highest BCUT2D eigenvalue weighted by atomic mass is 32.2.